The fourth-order valence-corrected chi connectivity index (χ4v) is 5.07. The minimum atomic E-state index is 0.244. The summed E-state index contributed by atoms with van der Waals surface area (Å²) in [6.07, 6.45) is 3.19. The van der Waals surface area contributed by atoms with Crippen molar-refractivity contribution in [3.05, 3.63) is 21.4 Å². The topological polar surface area (TPSA) is 32.8 Å². The SMILES string of the molecule is CCc1c(C(=O)N2CCC([C@@H](C)N3CCOCC3)CC2)csc1C. The van der Waals surface area contributed by atoms with Gasteiger partial charge in [-0.05, 0) is 44.6 Å². The number of likely N-dealkylation sites (tertiary alicyclic amines) is 1. The molecule has 3 heterocycles. The number of aryl methyl sites for hydroxylation is 1. The van der Waals surface area contributed by atoms with E-state index < -0.39 is 0 Å². The van der Waals surface area contributed by atoms with Crippen LogP contribution in [-0.2, 0) is 11.2 Å². The van der Waals surface area contributed by atoms with E-state index in [1.165, 1.54) is 10.4 Å². The van der Waals surface area contributed by atoms with Crippen molar-refractivity contribution in [2.24, 2.45) is 5.92 Å². The zero-order chi connectivity index (χ0) is 17.1. The number of hydrogen-bond donors (Lipinski definition) is 0. The molecule has 2 aliphatic heterocycles. The van der Waals surface area contributed by atoms with E-state index in [0.29, 0.717) is 12.0 Å². The van der Waals surface area contributed by atoms with Gasteiger partial charge in [0.05, 0.1) is 18.8 Å². The highest BCUT2D eigenvalue weighted by Gasteiger charge is 2.31. The van der Waals surface area contributed by atoms with Crippen LogP contribution in [0.25, 0.3) is 0 Å². The summed E-state index contributed by atoms with van der Waals surface area (Å²) in [5.41, 5.74) is 2.19. The van der Waals surface area contributed by atoms with E-state index in [1.54, 1.807) is 11.3 Å². The summed E-state index contributed by atoms with van der Waals surface area (Å²) in [7, 11) is 0. The minimum Gasteiger partial charge on any atom is -0.379 e. The van der Waals surface area contributed by atoms with Gasteiger partial charge in [0.15, 0.2) is 0 Å². The molecule has 0 aromatic carbocycles. The van der Waals surface area contributed by atoms with Gasteiger partial charge in [-0.25, -0.2) is 0 Å². The van der Waals surface area contributed by atoms with Crippen LogP contribution in [0.15, 0.2) is 5.38 Å². The molecule has 4 nitrogen and oxygen atoms in total. The van der Waals surface area contributed by atoms with Crippen molar-refractivity contribution in [3.8, 4) is 0 Å². The molecule has 1 aromatic heterocycles. The van der Waals surface area contributed by atoms with Gasteiger partial charge in [-0.2, -0.15) is 0 Å². The molecule has 3 rings (SSSR count). The highest BCUT2D eigenvalue weighted by molar-refractivity contribution is 7.10. The van der Waals surface area contributed by atoms with Crippen LogP contribution >= 0.6 is 11.3 Å². The maximum absolute atomic E-state index is 12.9. The Balaban J connectivity index is 1.57. The Bertz CT molecular complexity index is 558. The summed E-state index contributed by atoms with van der Waals surface area (Å²) < 4.78 is 5.46. The summed E-state index contributed by atoms with van der Waals surface area (Å²) >= 11 is 1.71. The molecule has 5 heteroatoms. The third kappa shape index (κ3) is 3.68. The second-order valence-electron chi connectivity index (χ2n) is 7.06. The van der Waals surface area contributed by atoms with E-state index in [9.17, 15) is 4.79 Å². The van der Waals surface area contributed by atoms with E-state index in [1.807, 2.05) is 0 Å². The number of hydrogen-bond acceptors (Lipinski definition) is 4. The number of amides is 1. The van der Waals surface area contributed by atoms with Crippen molar-refractivity contribution in [2.45, 2.75) is 46.1 Å². The summed E-state index contributed by atoms with van der Waals surface area (Å²) in [6, 6.07) is 0.598. The van der Waals surface area contributed by atoms with Crippen LogP contribution in [0.4, 0.5) is 0 Å². The second-order valence-corrected chi connectivity index (χ2v) is 8.14. The standard InChI is InChI=1S/C19H30N2O2S/c1-4-17-15(3)24-13-18(17)19(22)21-7-5-16(6-8-21)14(2)20-9-11-23-12-10-20/h13-14,16H,4-12H2,1-3H3/t14-/m1/s1. The molecule has 134 valence electrons. The van der Waals surface area contributed by atoms with Crippen molar-refractivity contribution < 1.29 is 9.53 Å². The van der Waals surface area contributed by atoms with Gasteiger partial charge in [0, 0.05) is 42.5 Å². The number of nitrogens with zero attached hydrogens (tertiary/aromatic N) is 2. The maximum Gasteiger partial charge on any atom is 0.254 e. The average Bonchev–Trinajstić information content (AvgIpc) is 3.02. The minimum absolute atomic E-state index is 0.244. The fourth-order valence-electron chi connectivity index (χ4n) is 4.14. The lowest BCUT2D eigenvalue weighted by Gasteiger charge is -2.41. The Morgan fingerprint density at radius 1 is 1.29 bits per heavy atom. The predicted molar refractivity (Wildman–Crippen MR) is 98.9 cm³/mol. The lowest BCUT2D eigenvalue weighted by Crippen LogP contribution is -2.49. The van der Waals surface area contributed by atoms with Crippen LogP contribution in [0.3, 0.4) is 0 Å². The lowest BCUT2D eigenvalue weighted by atomic mass is 9.89. The van der Waals surface area contributed by atoms with E-state index in [-0.39, 0.29) is 5.91 Å². The number of morpholine rings is 1. The number of carbonyl (C=O) groups is 1. The van der Waals surface area contributed by atoms with E-state index in [4.69, 9.17) is 4.74 Å². The molecular weight excluding hydrogens is 320 g/mol. The Hall–Kier alpha value is -0.910. The monoisotopic (exact) mass is 350 g/mol. The molecule has 2 saturated heterocycles. The molecule has 1 atom stereocenters. The summed E-state index contributed by atoms with van der Waals surface area (Å²) in [4.78, 5) is 18.8. The van der Waals surface area contributed by atoms with Crippen LogP contribution in [0.2, 0.25) is 0 Å². The molecule has 0 aliphatic carbocycles. The third-order valence-electron chi connectivity index (χ3n) is 5.82. The van der Waals surface area contributed by atoms with Crippen LogP contribution in [0.5, 0.6) is 0 Å². The summed E-state index contributed by atoms with van der Waals surface area (Å²) in [5, 5.41) is 2.05. The van der Waals surface area contributed by atoms with Gasteiger partial charge < -0.3 is 9.64 Å². The Morgan fingerprint density at radius 2 is 1.96 bits per heavy atom. The average molecular weight is 351 g/mol. The quantitative estimate of drug-likeness (QED) is 0.836. The zero-order valence-corrected chi connectivity index (χ0v) is 16.0. The third-order valence-corrected chi connectivity index (χ3v) is 6.77. The van der Waals surface area contributed by atoms with Crippen molar-refractivity contribution in [3.63, 3.8) is 0 Å². The zero-order valence-electron chi connectivity index (χ0n) is 15.2. The normalized spacial score (nSPS) is 21.9. The molecule has 2 fully saturated rings. The van der Waals surface area contributed by atoms with Crippen molar-refractivity contribution in [2.75, 3.05) is 39.4 Å². The molecule has 0 bridgehead atoms. The van der Waals surface area contributed by atoms with Gasteiger partial charge in [-0.1, -0.05) is 6.92 Å². The Kier molecular flexibility index (Phi) is 5.95. The van der Waals surface area contributed by atoms with Crippen molar-refractivity contribution in [1.29, 1.82) is 0 Å². The van der Waals surface area contributed by atoms with Crippen LogP contribution < -0.4 is 0 Å². The smallest absolute Gasteiger partial charge is 0.254 e. The molecular formula is C19H30N2O2S. The van der Waals surface area contributed by atoms with Crippen LogP contribution in [0, 0.1) is 12.8 Å². The number of rotatable bonds is 4. The first kappa shape index (κ1) is 17.9. The van der Waals surface area contributed by atoms with Gasteiger partial charge >= 0.3 is 0 Å². The van der Waals surface area contributed by atoms with Crippen LogP contribution in [-0.4, -0.2) is 61.1 Å². The fraction of sp³-hybridized carbons (Fsp3) is 0.737. The van der Waals surface area contributed by atoms with E-state index >= 15 is 0 Å². The van der Waals surface area contributed by atoms with Crippen LogP contribution in [0.1, 0.15) is 47.5 Å². The molecule has 1 amide bonds. The first-order chi connectivity index (χ1) is 11.6. The van der Waals surface area contributed by atoms with Gasteiger partial charge in [0.2, 0.25) is 0 Å². The first-order valence-electron chi connectivity index (χ1n) is 9.29. The van der Waals surface area contributed by atoms with E-state index in [0.717, 1.165) is 64.2 Å². The molecule has 2 aliphatic rings. The predicted octanol–water partition coefficient (Wildman–Crippen LogP) is 3.19. The Labute approximate surface area is 149 Å². The molecule has 0 spiro atoms. The Morgan fingerprint density at radius 3 is 2.58 bits per heavy atom. The molecule has 1 aromatic rings. The number of carbonyl (C=O) groups excluding carboxylic acids is 1. The number of piperidine rings is 1. The van der Waals surface area contributed by atoms with Gasteiger partial charge in [-0.15, -0.1) is 11.3 Å². The van der Waals surface area contributed by atoms with Gasteiger partial charge in [0.25, 0.3) is 5.91 Å². The highest BCUT2D eigenvalue weighted by atomic mass is 32.1. The van der Waals surface area contributed by atoms with E-state index in [2.05, 4.69) is 36.0 Å². The van der Waals surface area contributed by atoms with Crippen molar-refractivity contribution in [1.82, 2.24) is 9.80 Å². The highest BCUT2D eigenvalue weighted by Crippen LogP contribution is 2.28. The molecule has 0 saturated carbocycles. The summed E-state index contributed by atoms with van der Waals surface area (Å²) in [5.74, 6) is 0.940. The summed E-state index contributed by atoms with van der Waals surface area (Å²) in [6.45, 7) is 12.2. The molecule has 24 heavy (non-hydrogen) atoms. The molecule has 0 radical (unpaired) electrons. The first-order valence-corrected chi connectivity index (χ1v) is 10.2. The largest absolute Gasteiger partial charge is 0.379 e. The van der Waals surface area contributed by atoms with Gasteiger partial charge in [-0.3, -0.25) is 9.69 Å². The maximum atomic E-state index is 12.9. The number of ether oxygens (including phenoxy) is 1. The molecule has 0 N–H and O–H groups in total. The second kappa shape index (κ2) is 7.98. The number of thiophene rings is 1. The van der Waals surface area contributed by atoms with Crippen molar-refractivity contribution >= 4 is 17.2 Å². The van der Waals surface area contributed by atoms with Gasteiger partial charge in [0.1, 0.15) is 0 Å². The lowest BCUT2D eigenvalue weighted by molar-refractivity contribution is -0.000953. The molecule has 0 unspecified atom stereocenters.